The van der Waals surface area contributed by atoms with Gasteiger partial charge in [-0.1, -0.05) is 17.7 Å². The van der Waals surface area contributed by atoms with E-state index < -0.39 is 0 Å². The summed E-state index contributed by atoms with van der Waals surface area (Å²) in [5, 5.41) is 11.2. The number of nitriles is 1. The quantitative estimate of drug-likeness (QED) is 0.922. The summed E-state index contributed by atoms with van der Waals surface area (Å²) in [6.07, 6.45) is 1.40. The third kappa shape index (κ3) is 3.82. The minimum atomic E-state index is -0.303. The van der Waals surface area contributed by atoms with E-state index in [-0.39, 0.29) is 12.5 Å². The number of carbonyl (C=O) groups excluding carboxylic acids is 1. The summed E-state index contributed by atoms with van der Waals surface area (Å²) < 4.78 is 5.35. The fraction of sp³-hybridized carbons (Fsp3) is 0.133. The molecule has 0 saturated carbocycles. The van der Waals surface area contributed by atoms with E-state index in [1.54, 1.807) is 12.1 Å². The molecule has 0 unspecified atom stereocenters. The van der Waals surface area contributed by atoms with Gasteiger partial charge in [-0.3, -0.25) is 4.79 Å². The van der Waals surface area contributed by atoms with Crippen molar-refractivity contribution < 1.29 is 9.53 Å². The van der Waals surface area contributed by atoms with Crippen molar-refractivity contribution in [2.24, 2.45) is 0 Å². The molecule has 1 aromatic heterocycles. The Balaban J connectivity index is 1.86. The molecule has 2 aromatic rings. The molecule has 0 aliphatic heterocycles. The first kappa shape index (κ1) is 13.6. The molecule has 1 aromatic carbocycles. The Hall–Kier alpha value is -2.87. The Bertz CT molecular complexity index is 628. The second kappa shape index (κ2) is 6.34. The van der Waals surface area contributed by atoms with Gasteiger partial charge in [-0.25, -0.2) is 4.98 Å². The Labute approximate surface area is 116 Å². The first-order valence-electron chi connectivity index (χ1n) is 6.03. The number of pyridine rings is 1. The van der Waals surface area contributed by atoms with E-state index in [2.05, 4.69) is 10.3 Å². The standard InChI is InChI=1S/C15H13N3O2/c1-11-2-5-13(6-3-11)20-10-15(19)18-14-7-4-12(8-16)9-17-14/h2-7,9H,10H2,1H3,(H,17,18,19). The van der Waals surface area contributed by atoms with Crippen LogP contribution in [0.1, 0.15) is 11.1 Å². The molecule has 0 radical (unpaired) electrons. The number of nitrogens with one attached hydrogen (secondary N) is 1. The van der Waals surface area contributed by atoms with E-state index in [0.29, 0.717) is 17.1 Å². The molecule has 20 heavy (non-hydrogen) atoms. The third-order valence-electron chi connectivity index (χ3n) is 2.55. The van der Waals surface area contributed by atoms with E-state index in [1.165, 1.54) is 6.20 Å². The van der Waals surface area contributed by atoms with Gasteiger partial charge >= 0.3 is 0 Å². The number of ether oxygens (including phenoxy) is 1. The van der Waals surface area contributed by atoms with Crippen LogP contribution >= 0.6 is 0 Å². The number of anilines is 1. The summed E-state index contributed by atoms with van der Waals surface area (Å²) >= 11 is 0. The predicted molar refractivity (Wildman–Crippen MR) is 74.3 cm³/mol. The minimum absolute atomic E-state index is 0.0925. The Morgan fingerprint density at radius 2 is 2.05 bits per heavy atom. The van der Waals surface area contributed by atoms with Crippen LogP contribution in [-0.2, 0) is 4.79 Å². The monoisotopic (exact) mass is 267 g/mol. The first-order valence-corrected chi connectivity index (χ1v) is 6.03. The Kier molecular flexibility index (Phi) is 4.30. The molecular weight excluding hydrogens is 254 g/mol. The van der Waals surface area contributed by atoms with Crippen molar-refractivity contribution in [2.45, 2.75) is 6.92 Å². The smallest absolute Gasteiger partial charge is 0.263 e. The van der Waals surface area contributed by atoms with Crippen LogP contribution < -0.4 is 10.1 Å². The molecule has 0 aliphatic rings. The number of nitrogens with zero attached hydrogens (tertiary/aromatic N) is 2. The first-order chi connectivity index (χ1) is 9.67. The number of benzene rings is 1. The van der Waals surface area contributed by atoms with Crippen LogP contribution in [0, 0.1) is 18.3 Å². The summed E-state index contributed by atoms with van der Waals surface area (Å²) in [4.78, 5) is 15.6. The second-order valence-electron chi connectivity index (χ2n) is 4.19. The largest absolute Gasteiger partial charge is 0.484 e. The molecule has 0 atom stereocenters. The minimum Gasteiger partial charge on any atom is -0.484 e. The van der Waals surface area contributed by atoms with Gasteiger partial charge in [0, 0.05) is 6.20 Å². The summed E-state index contributed by atoms with van der Waals surface area (Å²) in [7, 11) is 0. The lowest BCUT2D eigenvalue weighted by atomic mass is 10.2. The average Bonchev–Trinajstić information content (AvgIpc) is 2.47. The van der Waals surface area contributed by atoms with Crippen LogP contribution in [0.3, 0.4) is 0 Å². The van der Waals surface area contributed by atoms with Crippen LogP contribution in [0.25, 0.3) is 0 Å². The summed E-state index contributed by atoms with van der Waals surface area (Å²) in [5.74, 6) is 0.725. The van der Waals surface area contributed by atoms with Crippen LogP contribution in [0.15, 0.2) is 42.6 Å². The number of carbonyl (C=O) groups is 1. The molecule has 0 spiro atoms. The number of hydrogen-bond donors (Lipinski definition) is 1. The van der Waals surface area contributed by atoms with Crippen LogP contribution in [0.2, 0.25) is 0 Å². The average molecular weight is 267 g/mol. The van der Waals surface area contributed by atoms with Crippen LogP contribution in [0.5, 0.6) is 5.75 Å². The lowest BCUT2D eigenvalue weighted by molar-refractivity contribution is -0.118. The highest BCUT2D eigenvalue weighted by atomic mass is 16.5. The van der Waals surface area contributed by atoms with Crippen molar-refractivity contribution in [3.05, 3.63) is 53.7 Å². The Morgan fingerprint density at radius 3 is 2.65 bits per heavy atom. The topological polar surface area (TPSA) is 75.0 Å². The number of hydrogen-bond acceptors (Lipinski definition) is 4. The van der Waals surface area contributed by atoms with Gasteiger partial charge in [0.25, 0.3) is 5.91 Å². The molecule has 5 heteroatoms. The highest BCUT2D eigenvalue weighted by molar-refractivity contribution is 5.90. The molecule has 100 valence electrons. The maximum atomic E-state index is 11.7. The van der Waals surface area contributed by atoms with E-state index in [1.807, 2.05) is 37.3 Å². The lowest BCUT2D eigenvalue weighted by Gasteiger charge is -2.07. The zero-order chi connectivity index (χ0) is 14.4. The van der Waals surface area contributed by atoms with Gasteiger partial charge in [0.1, 0.15) is 17.6 Å². The number of aromatic nitrogens is 1. The van der Waals surface area contributed by atoms with Gasteiger partial charge in [-0.05, 0) is 31.2 Å². The second-order valence-corrected chi connectivity index (χ2v) is 4.19. The van der Waals surface area contributed by atoms with Crippen molar-refractivity contribution in [2.75, 3.05) is 11.9 Å². The number of aryl methyl sites for hydroxylation is 1. The van der Waals surface area contributed by atoms with Crippen LogP contribution in [0.4, 0.5) is 5.82 Å². The third-order valence-corrected chi connectivity index (χ3v) is 2.55. The number of amides is 1. The van der Waals surface area contributed by atoms with Gasteiger partial charge in [0.05, 0.1) is 5.56 Å². The summed E-state index contributed by atoms with van der Waals surface area (Å²) in [6, 6.07) is 12.6. The van der Waals surface area contributed by atoms with Crippen molar-refractivity contribution in [3.8, 4) is 11.8 Å². The summed E-state index contributed by atoms with van der Waals surface area (Å²) in [6.45, 7) is 1.89. The molecule has 1 N–H and O–H groups in total. The molecule has 1 heterocycles. The maximum Gasteiger partial charge on any atom is 0.263 e. The highest BCUT2D eigenvalue weighted by Gasteiger charge is 2.04. The fourth-order valence-electron chi connectivity index (χ4n) is 1.50. The predicted octanol–water partition coefficient (Wildman–Crippen LogP) is 2.28. The van der Waals surface area contributed by atoms with Crippen molar-refractivity contribution in [1.29, 1.82) is 5.26 Å². The normalized spacial score (nSPS) is 9.60. The van der Waals surface area contributed by atoms with E-state index >= 15 is 0 Å². The van der Waals surface area contributed by atoms with Crippen molar-refractivity contribution in [1.82, 2.24) is 4.98 Å². The number of rotatable bonds is 4. The van der Waals surface area contributed by atoms with Gasteiger partial charge in [-0.15, -0.1) is 0 Å². The SMILES string of the molecule is Cc1ccc(OCC(=O)Nc2ccc(C#N)cn2)cc1. The van der Waals surface area contributed by atoms with Crippen molar-refractivity contribution >= 4 is 11.7 Å². The van der Waals surface area contributed by atoms with E-state index in [9.17, 15) is 4.79 Å². The molecule has 0 saturated heterocycles. The van der Waals surface area contributed by atoms with Gasteiger partial charge in [0.15, 0.2) is 6.61 Å². The molecule has 1 amide bonds. The van der Waals surface area contributed by atoms with E-state index in [4.69, 9.17) is 10.00 Å². The van der Waals surface area contributed by atoms with Gasteiger partial charge < -0.3 is 10.1 Å². The molecule has 0 aliphatic carbocycles. The van der Waals surface area contributed by atoms with Gasteiger partial charge in [0.2, 0.25) is 0 Å². The highest BCUT2D eigenvalue weighted by Crippen LogP contribution is 2.11. The van der Waals surface area contributed by atoms with Crippen LogP contribution in [-0.4, -0.2) is 17.5 Å². The Morgan fingerprint density at radius 1 is 1.30 bits per heavy atom. The summed E-state index contributed by atoms with van der Waals surface area (Å²) in [5.41, 5.74) is 1.57. The van der Waals surface area contributed by atoms with Crippen molar-refractivity contribution in [3.63, 3.8) is 0 Å². The maximum absolute atomic E-state index is 11.7. The zero-order valence-corrected chi connectivity index (χ0v) is 11.0. The molecule has 0 fully saturated rings. The molecular formula is C15H13N3O2. The molecule has 2 rings (SSSR count). The fourth-order valence-corrected chi connectivity index (χ4v) is 1.50. The lowest BCUT2D eigenvalue weighted by Crippen LogP contribution is -2.20. The van der Waals surface area contributed by atoms with Gasteiger partial charge in [-0.2, -0.15) is 5.26 Å². The molecule has 5 nitrogen and oxygen atoms in total. The van der Waals surface area contributed by atoms with E-state index in [0.717, 1.165) is 5.56 Å². The molecule has 0 bridgehead atoms. The zero-order valence-electron chi connectivity index (χ0n) is 11.0.